The van der Waals surface area contributed by atoms with Gasteiger partial charge in [0.2, 0.25) is 0 Å². The van der Waals surface area contributed by atoms with Gasteiger partial charge in [0.1, 0.15) is 0 Å². The van der Waals surface area contributed by atoms with E-state index in [1.165, 1.54) is 0 Å². The second kappa shape index (κ2) is 7.38. The third kappa shape index (κ3) is 5.49. The van der Waals surface area contributed by atoms with Crippen molar-refractivity contribution in [3.8, 4) is 0 Å². The molecular weight excluding hydrogens is 268 g/mol. The van der Waals surface area contributed by atoms with E-state index >= 15 is 0 Å². The molecule has 4 unspecified atom stereocenters. The Kier molecular flexibility index (Phi) is 6.03. The van der Waals surface area contributed by atoms with E-state index in [2.05, 4.69) is 38.3 Å². The minimum Gasteiger partial charge on any atom is -0.381 e. The highest BCUT2D eigenvalue weighted by Crippen LogP contribution is 2.22. The largest absolute Gasteiger partial charge is 0.381 e. The standard InChI is InChI=1S/C16H32N2O3/c1-13-9-17-11-15(3,20-13)5-7-19-8-6-16(4)12-18-10-14(2)21-16/h13-14,17-18H,5-12H2,1-4H3. The summed E-state index contributed by atoms with van der Waals surface area (Å²) in [6.45, 7) is 13.7. The van der Waals surface area contributed by atoms with Gasteiger partial charge in [0.15, 0.2) is 0 Å². The lowest BCUT2D eigenvalue weighted by molar-refractivity contribution is -0.121. The third-order valence-electron chi connectivity index (χ3n) is 4.38. The van der Waals surface area contributed by atoms with Crippen LogP contribution in [0.5, 0.6) is 0 Å². The Morgan fingerprint density at radius 1 is 0.905 bits per heavy atom. The number of hydrogen-bond donors (Lipinski definition) is 2. The number of nitrogens with one attached hydrogen (secondary N) is 2. The molecule has 2 heterocycles. The van der Waals surface area contributed by atoms with E-state index in [1.807, 2.05) is 0 Å². The normalized spacial score (nSPS) is 41.1. The van der Waals surface area contributed by atoms with Crippen LogP contribution in [0.2, 0.25) is 0 Å². The summed E-state index contributed by atoms with van der Waals surface area (Å²) in [7, 11) is 0. The fourth-order valence-corrected chi connectivity index (χ4v) is 3.19. The average molecular weight is 300 g/mol. The Morgan fingerprint density at radius 3 is 1.71 bits per heavy atom. The molecule has 2 rings (SSSR count). The molecule has 0 aromatic heterocycles. The third-order valence-corrected chi connectivity index (χ3v) is 4.38. The van der Waals surface area contributed by atoms with Crippen molar-refractivity contribution in [1.29, 1.82) is 0 Å². The minimum atomic E-state index is -0.0982. The summed E-state index contributed by atoms with van der Waals surface area (Å²) in [4.78, 5) is 0. The van der Waals surface area contributed by atoms with Crippen LogP contribution in [0.1, 0.15) is 40.5 Å². The molecule has 0 bridgehead atoms. The molecule has 0 aliphatic carbocycles. The molecule has 21 heavy (non-hydrogen) atoms. The van der Waals surface area contributed by atoms with Gasteiger partial charge in [-0.3, -0.25) is 0 Å². The van der Waals surface area contributed by atoms with Gasteiger partial charge in [-0.1, -0.05) is 0 Å². The molecule has 2 aliphatic rings. The zero-order valence-corrected chi connectivity index (χ0v) is 14.0. The van der Waals surface area contributed by atoms with Gasteiger partial charge in [0, 0.05) is 52.2 Å². The van der Waals surface area contributed by atoms with Gasteiger partial charge >= 0.3 is 0 Å². The van der Waals surface area contributed by atoms with Crippen LogP contribution in [0.15, 0.2) is 0 Å². The fraction of sp³-hybridized carbons (Fsp3) is 1.00. The van der Waals surface area contributed by atoms with Gasteiger partial charge in [0.25, 0.3) is 0 Å². The van der Waals surface area contributed by atoms with E-state index < -0.39 is 0 Å². The topological polar surface area (TPSA) is 51.8 Å². The van der Waals surface area contributed by atoms with Crippen LogP contribution in [0, 0.1) is 0 Å². The SMILES string of the molecule is CC1CNCC(C)(CCOCCC2(C)CNCC(C)O2)O1. The van der Waals surface area contributed by atoms with Gasteiger partial charge in [-0.2, -0.15) is 0 Å². The zero-order valence-electron chi connectivity index (χ0n) is 14.0. The molecule has 0 radical (unpaired) electrons. The Labute approximate surface area is 129 Å². The van der Waals surface area contributed by atoms with Crippen LogP contribution in [0.4, 0.5) is 0 Å². The van der Waals surface area contributed by atoms with Crippen molar-refractivity contribution >= 4 is 0 Å². The summed E-state index contributed by atoms with van der Waals surface area (Å²) in [6.07, 6.45) is 2.42. The van der Waals surface area contributed by atoms with Crippen molar-refractivity contribution < 1.29 is 14.2 Å². The predicted octanol–water partition coefficient (Wildman–Crippen LogP) is 1.32. The van der Waals surface area contributed by atoms with Crippen LogP contribution in [-0.2, 0) is 14.2 Å². The number of ether oxygens (including phenoxy) is 3. The maximum Gasteiger partial charge on any atom is 0.0804 e. The summed E-state index contributed by atoms with van der Waals surface area (Å²) < 4.78 is 17.9. The number of morpholine rings is 2. The minimum absolute atomic E-state index is 0.0982. The van der Waals surface area contributed by atoms with E-state index in [1.54, 1.807) is 0 Å². The molecule has 5 heteroatoms. The highest BCUT2D eigenvalue weighted by Gasteiger charge is 2.32. The van der Waals surface area contributed by atoms with Crippen LogP contribution < -0.4 is 10.6 Å². The van der Waals surface area contributed by atoms with Crippen LogP contribution in [0.25, 0.3) is 0 Å². The van der Waals surface area contributed by atoms with Crippen LogP contribution >= 0.6 is 0 Å². The van der Waals surface area contributed by atoms with E-state index in [9.17, 15) is 0 Å². The van der Waals surface area contributed by atoms with Crippen molar-refractivity contribution in [2.24, 2.45) is 0 Å². The lowest BCUT2D eigenvalue weighted by Crippen LogP contribution is -2.52. The molecule has 5 nitrogen and oxygen atoms in total. The first-order valence-electron chi connectivity index (χ1n) is 8.26. The van der Waals surface area contributed by atoms with Gasteiger partial charge in [-0.25, -0.2) is 0 Å². The van der Waals surface area contributed by atoms with Gasteiger partial charge in [0.05, 0.1) is 23.4 Å². The molecule has 2 fully saturated rings. The molecule has 0 amide bonds. The molecular formula is C16H32N2O3. The van der Waals surface area contributed by atoms with Crippen molar-refractivity contribution in [2.45, 2.75) is 63.9 Å². The first-order chi connectivity index (χ1) is 9.91. The van der Waals surface area contributed by atoms with Gasteiger partial charge in [-0.05, 0) is 27.7 Å². The maximum absolute atomic E-state index is 6.03. The van der Waals surface area contributed by atoms with Crippen molar-refractivity contribution in [3.63, 3.8) is 0 Å². The molecule has 2 aliphatic heterocycles. The van der Waals surface area contributed by atoms with Gasteiger partial charge in [-0.15, -0.1) is 0 Å². The number of rotatable bonds is 6. The van der Waals surface area contributed by atoms with Crippen LogP contribution in [-0.4, -0.2) is 62.8 Å². The highest BCUT2D eigenvalue weighted by molar-refractivity contribution is 4.85. The van der Waals surface area contributed by atoms with Crippen molar-refractivity contribution in [2.75, 3.05) is 39.4 Å². The Balaban J connectivity index is 1.61. The predicted molar refractivity (Wildman–Crippen MR) is 83.7 cm³/mol. The average Bonchev–Trinajstić information content (AvgIpc) is 2.37. The van der Waals surface area contributed by atoms with E-state index in [0.29, 0.717) is 0 Å². The second-order valence-electron chi connectivity index (χ2n) is 7.13. The molecule has 0 aromatic rings. The van der Waals surface area contributed by atoms with E-state index in [4.69, 9.17) is 14.2 Å². The van der Waals surface area contributed by atoms with Gasteiger partial charge < -0.3 is 24.8 Å². The summed E-state index contributed by atoms with van der Waals surface area (Å²) in [5.74, 6) is 0. The smallest absolute Gasteiger partial charge is 0.0804 e. The fourth-order valence-electron chi connectivity index (χ4n) is 3.19. The summed E-state index contributed by atoms with van der Waals surface area (Å²) in [5, 5.41) is 6.84. The molecule has 4 atom stereocenters. The summed E-state index contributed by atoms with van der Waals surface area (Å²) in [6, 6.07) is 0. The van der Waals surface area contributed by atoms with Crippen molar-refractivity contribution in [3.05, 3.63) is 0 Å². The Morgan fingerprint density at radius 2 is 1.33 bits per heavy atom. The van der Waals surface area contributed by atoms with Crippen LogP contribution in [0.3, 0.4) is 0 Å². The molecule has 0 spiro atoms. The second-order valence-corrected chi connectivity index (χ2v) is 7.13. The Bertz CT molecular complexity index is 299. The zero-order chi connectivity index (χ0) is 15.3. The molecule has 2 N–H and O–H groups in total. The summed E-state index contributed by atoms with van der Waals surface area (Å²) >= 11 is 0. The van der Waals surface area contributed by atoms with E-state index in [0.717, 1.165) is 52.2 Å². The van der Waals surface area contributed by atoms with E-state index in [-0.39, 0.29) is 23.4 Å². The molecule has 124 valence electrons. The molecule has 2 saturated heterocycles. The Hall–Kier alpha value is -0.200. The van der Waals surface area contributed by atoms with Crippen molar-refractivity contribution in [1.82, 2.24) is 10.6 Å². The maximum atomic E-state index is 6.03. The molecule has 0 aromatic carbocycles. The lowest BCUT2D eigenvalue weighted by Gasteiger charge is -2.39. The summed E-state index contributed by atoms with van der Waals surface area (Å²) in [5.41, 5.74) is -0.196. The first-order valence-corrected chi connectivity index (χ1v) is 8.26. The lowest BCUT2D eigenvalue weighted by atomic mass is 9.99. The first kappa shape index (κ1) is 17.2. The highest BCUT2D eigenvalue weighted by atomic mass is 16.5. The number of hydrogen-bond acceptors (Lipinski definition) is 5. The molecule has 0 saturated carbocycles. The quantitative estimate of drug-likeness (QED) is 0.725. The monoisotopic (exact) mass is 300 g/mol.